The van der Waals surface area contributed by atoms with Gasteiger partial charge in [0, 0.05) is 28.6 Å². The maximum absolute atomic E-state index is 6.27. The Kier molecular flexibility index (Phi) is 3.55. The van der Waals surface area contributed by atoms with E-state index in [-0.39, 0.29) is 12.1 Å². The van der Waals surface area contributed by atoms with Crippen LogP contribution >= 0.6 is 11.6 Å². The van der Waals surface area contributed by atoms with Crippen LogP contribution in [0.2, 0.25) is 5.02 Å². The third kappa shape index (κ3) is 2.35. The monoisotopic (exact) mass is 289 g/mol. The molecule has 3 nitrogen and oxygen atoms in total. The number of hydrogen-bond donors (Lipinski definition) is 1. The lowest BCUT2D eigenvalue weighted by Crippen LogP contribution is -2.24. The summed E-state index contributed by atoms with van der Waals surface area (Å²) >= 11 is 6.24. The van der Waals surface area contributed by atoms with Crippen molar-refractivity contribution in [3.05, 3.63) is 58.6 Å². The van der Waals surface area contributed by atoms with Crippen molar-refractivity contribution in [3.63, 3.8) is 0 Å². The molecule has 0 saturated carbocycles. The summed E-state index contributed by atoms with van der Waals surface area (Å²) in [6.07, 6.45) is 0.587. The van der Waals surface area contributed by atoms with Crippen molar-refractivity contribution < 1.29 is 9.47 Å². The third-order valence-electron chi connectivity index (χ3n) is 3.61. The minimum atomic E-state index is -0.111. The minimum Gasteiger partial charge on any atom is -0.497 e. The second-order valence-electron chi connectivity index (χ2n) is 4.87. The van der Waals surface area contributed by atoms with Crippen molar-refractivity contribution in [3.8, 4) is 11.5 Å². The fourth-order valence-electron chi connectivity index (χ4n) is 2.54. The van der Waals surface area contributed by atoms with E-state index in [0.29, 0.717) is 11.4 Å². The van der Waals surface area contributed by atoms with Gasteiger partial charge >= 0.3 is 0 Å². The SMILES string of the molecule is COc1ccc2c(c1)[C@@H](N)CC(c1ccccc1Cl)O2. The molecular formula is C16H16ClNO2. The van der Waals surface area contributed by atoms with Gasteiger partial charge in [0.2, 0.25) is 0 Å². The van der Waals surface area contributed by atoms with E-state index in [1.54, 1.807) is 7.11 Å². The summed E-state index contributed by atoms with van der Waals surface area (Å²) in [7, 11) is 1.64. The van der Waals surface area contributed by atoms with Gasteiger partial charge in [-0.2, -0.15) is 0 Å². The van der Waals surface area contributed by atoms with Crippen molar-refractivity contribution in [2.45, 2.75) is 18.6 Å². The van der Waals surface area contributed by atoms with Crippen LogP contribution in [-0.4, -0.2) is 7.11 Å². The number of ether oxygens (including phenoxy) is 2. The van der Waals surface area contributed by atoms with Crippen LogP contribution in [0.15, 0.2) is 42.5 Å². The Balaban J connectivity index is 1.95. The average molecular weight is 290 g/mol. The van der Waals surface area contributed by atoms with Gasteiger partial charge in [0.25, 0.3) is 0 Å². The molecule has 0 bridgehead atoms. The molecule has 104 valence electrons. The van der Waals surface area contributed by atoms with Crippen molar-refractivity contribution in [2.24, 2.45) is 5.73 Å². The summed E-state index contributed by atoms with van der Waals surface area (Å²) < 4.78 is 11.3. The molecule has 3 rings (SSSR count). The molecule has 1 aliphatic rings. The number of rotatable bonds is 2. The summed E-state index contributed by atoms with van der Waals surface area (Å²) in [5.41, 5.74) is 8.23. The Morgan fingerprint density at radius 2 is 2.00 bits per heavy atom. The highest BCUT2D eigenvalue weighted by atomic mass is 35.5. The van der Waals surface area contributed by atoms with Crippen LogP contribution in [0.4, 0.5) is 0 Å². The zero-order chi connectivity index (χ0) is 14.1. The lowest BCUT2D eigenvalue weighted by Gasteiger charge is -2.31. The molecule has 2 aromatic carbocycles. The Morgan fingerprint density at radius 3 is 2.75 bits per heavy atom. The van der Waals surface area contributed by atoms with Gasteiger partial charge in [-0.05, 0) is 24.3 Å². The number of fused-ring (bicyclic) bond motifs is 1. The van der Waals surface area contributed by atoms with E-state index < -0.39 is 0 Å². The van der Waals surface area contributed by atoms with Crippen molar-refractivity contribution in [2.75, 3.05) is 7.11 Å². The lowest BCUT2D eigenvalue weighted by atomic mass is 9.93. The number of nitrogens with two attached hydrogens (primary N) is 1. The summed E-state index contributed by atoms with van der Waals surface area (Å²) in [6, 6.07) is 13.3. The highest BCUT2D eigenvalue weighted by Crippen LogP contribution is 2.42. The van der Waals surface area contributed by atoms with Gasteiger partial charge < -0.3 is 15.2 Å². The first-order chi connectivity index (χ1) is 9.69. The average Bonchev–Trinajstić information content (AvgIpc) is 2.47. The van der Waals surface area contributed by atoms with Crippen LogP contribution < -0.4 is 15.2 Å². The molecule has 0 amide bonds. The summed E-state index contributed by atoms with van der Waals surface area (Å²) in [4.78, 5) is 0. The molecule has 4 heteroatoms. The predicted octanol–water partition coefficient (Wildman–Crippen LogP) is 3.87. The molecule has 0 aliphatic carbocycles. The molecule has 1 heterocycles. The number of hydrogen-bond acceptors (Lipinski definition) is 3. The van der Waals surface area contributed by atoms with Gasteiger partial charge in [-0.1, -0.05) is 29.8 Å². The van der Waals surface area contributed by atoms with Crippen LogP contribution in [0.1, 0.15) is 29.7 Å². The first-order valence-corrected chi connectivity index (χ1v) is 6.91. The summed E-state index contributed by atoms with van der Waals surface area (Å²) in [6.45, 7) is 0. The lowest BCUT2D eigenvalue weighted by molar-refractivity contribution is 0.161. The molecule has 2 atom stereocenters. The van der Waals surface area contributed by atoms with Crippen LogP contribution in [0.25, 0.3) is 0 Å². The third-order valence-corrected chi connectivity index (χ3v) is 3.95. The molecular weight excluding hydrogens is 274 g/mol. The van der Waals surface area contributed by atoms with Gasteiger partial charge in [-0.3, -0.25) is 0 Å². The second-order valence-corrected chi connectivity index (χ2v) is 5.28. The predicted molar refractivity (Wildman–Crippen MR) is 79.4 cm³/mol. The fourth-order valence-corrected chi connectivity index (χ4v) is 2.79. The zero-order valence-electron chi connectivity index (χ0n) is 11.2. The number of benzene rings is 2. The largest absolute Gasteiger partial charge is 0.497 e. The molecule has 0 radical (unpaired) electrons. The van der Waals surface area contributed by atoms with Gasteiger partial charge in [0.15, 0.2) is 0 Å². The zero-order valence-corrected chi connectivity index (χ0v) is 11.9. The van der Waals surface area contributed by atoms with Gasteiger partial charge in [0.05, 0.1) is 7.11 Å². The second kappa shape index (κ2) is 5.35. The molecule has 1 aliphatic heterocycles. The van der Waals surface area contributed by atoms with Gasteiger partial charge in [-0.15, -0.1) is 0 Å². The summed E-state index contributed by atoms with van der Waals surface area (Å²) in [5.74, 6) is 1.59. The van der Waals surface area contributed by atoms with E-state index in [4.69, 9.17) is 26.8 Å². The molecule has 2 aromatic rings. The van der Waals surface area contributed by atoms with E-state index in [0.717, 1.165) is 22.6 Å². The van der Waals surface area contributed by atoms with Crippen LogP contribution in [0, 0.1) is 0 Å². The molecule has 0 fully saturated rings. The standard InChI is InChI=1S/C16H16ClNO2/c1-19-10-6-7-15-12(8-10)14(18)9-16(20-15)11-4-2-3-5-13(11)17/h2-8,14,16H,9,18H2,1H3/t14-,16?/m0/s1. The van der Waals surface area contributed by atoms with Crippen molar-refractivity contribution in [1.29, 1.82) is 0 Å². The van der Waals surface area contributed by atoms with Crippen LogP contribution in [0.5, 0.6) is 11.5 Å². The van der Waals surface area contributed by atoms with Crippen LogP contribution in [-0.2, 0) is 0 Å². The Labute approximate surface area is 123 Å². The molecule has 20 heavy (non-hydrogen) atoms. The fraction of sp³-hybridized carbons (Fsp3) is 0.250. The maximum Gasteiger partial charge on any atom is 0.127 e. The normalized spacial score (nSPS) is 20.9. The Bertz CT molecular complexity index is 630. The molecule has 0 aromatic heterocycles. The van der Waals surface area contributed by atoms with E-state index in [1.807, 2.05) is 42.5 Å². The Hall–Kier alpha value is -1.71. The van der Waals surface area contributed by atoms with Crippen molar-refractivity contribution >= 4 is 11.6 Å². The van der Waals surface area contributed by atoms with Gasteiger partial charge in [-0.25, -0.2) is 0 Å². The quantitative estimate of drug-likeness (QED) is 0.913. The Morgan fingerprint density at radius 1 is 1.20 bits per heavy atom. The highest BCUT2D eigenvalue weighted by Gasteiger charge is 2.28. The molecule has 1 unspecified atom stereocenters. The van der Waals surface area contributed by atoms with Gasteiger partial charge in [0.1, 0.15) is 17.6 Å². The smallest absolute Gasteiger partial charge is 0.127 e. The minimum absolute atomic E-state index is 0.0878. The summed E-state index contributed by atoms with van der Waals surface area (Å²) in [5, 5.41) is 0.710. The van der Waals surface area contributed by atoms with Crippen LogP contribution in [0.3, 0.4) is 0 Å². The van der Waals surface area contributed by atoms with E-state index in [9.17, 15) is 0 Å². The number of methoxy groups -OCH3 is 1. The number of halogens is 1. The molecule has 0 spiro atoms. The van der Waals surface area contributed by atoms with E-state index in [1.165, 1.54) is 0 Å². The topological polar surface area (TPSA) is 44.5 Å². The van der Waals surface area contributed by atoms with E-state index >= 15 is 0 Å². The van der Waals surface area contributed by atoms with E-state index in [2.05, 4.69) is 0 Å². The van der Waals surface area contributed by atoms with Crippen molar-refractivity contribution in [1.82, 2.24) is 0 Å². The maximum atomic E-state index is 6.27. The highest BCUT2D eigenvalue weighted by molar-refractivity contribution is 6.31. The first kappa shape index (κ1) is 13.3. The first-order valence-electron chi connectivity index (χ1n) is 6.53. The molecule has 2 N–H and O–H groups in total. The molecule has 0 saturated heterocycles.